The van der Waals surface area contributed by atoms with Gasteiger partial charge >= 0.3 is 6.61 Å². The summed E-state index contributed by atoms with van der Waals surface area (Å²) in [4.78, 5) is 25.3. The summed E-state index contributed by atoms with van der Waals surface area (Å²) in [7, 11) is 1.88. The Morgan fingerprint density at radius 3 is 2.62 bits per heavy atom. The highest BCUT2D eigenvalue weighted by Crippen LogP contribution is 2.22. The summed E-state index contributed by atoms with van der Waals surface area (Å²) in [5, 5.41) is 3.50. The second-order valence-corrected chi connectivity index (χ2v) is 6.21. The number of imidazole rings is 1. The Hall–Kier alpha value is -3.88. The summed E-state index contributed by atoms with van der Waals surface area (Å²) in [6, 6.07) is 10.8. The van der Waals surface area contributed by atoms with Crippen molar-refractivity contribution in [3.8, 4) is 17.1 Å². The molecule has 1 amide bonds. The number of rotatable bonds is 5. The molecule has 7 nitrogen and oxygen atoms in total. The summed E-state index contributed by atoms with van der Waals surface area (Å²) in [5.74, 6) is -0.124. The van der Waals surface area contributed by atoms with Crippen molar-refractivity contribution in [3.05, 3.63) is 66.7 Å². The zero-order valence-corrected chi connectivity index (χ0v) is 15.2. The number of anilines is 1. The third-order valence-corrected chi connectivity index (χ3v) is 4.24. The second-order valence-electron chi connectivity index (χ2n) is 6.21. The van der Waals surface area contributed by atoms with E-state index in [1.807, 2.05) is 23.7 Å². The fraction of sp³-hybridized carbons (Fsp3) is 0.100. The van der Waals surface area contributed by atoms with Crippen LogP contribution in [0.25, 0.3) is 22.3 Å². The molecule has 0 saturated heterocycles. The van der Waals surface area contributed by atoms with Gasteiger partial charge in [0.1, 0.15) is 11.6 Å². The second kappa shape index (κ2) is 7.63. The van der Waals surface area contributed by atoms with Crippen LogP contribution in [0, 0.1) is 0 Å². The Morgan fingerprint density at radius 2 is 1.93 bits per heavy atom. The van der Waals surface area contributed by atoms with Gasteiger partial charge in [0.25, 0.3) is 5.91 Å². The van der Waals surface area contributed by atoms with Gasteiger partial charge in [-0.3, -0.25) is 4.79 Å². The van der Waals surface area contributed by atoms with E-state index in [2.05, 4.69) is 25.0 Å². The number of alkyl halides is 2. The predicted octanol–water partition coefficient (Wildman–Crippen LogP) is 3.88. The fourth-order valence-corrected chi connectivity index (χ4v) is 2.81. The van der Waals surface area contributed by atoms with E-state index in [0.717, 1.165) is 16.8 Å². The van der Waals surface area contributed by atoms with Gasteiger partial charge < -0.3 is 14.6 Å². The largest absolute Gasteiger partial charge is 0.435 e. The summed E-state index contributed by atoms with van der Waals surface area (Å²) in [6.07, 6.45) is 5.03. The molecule has 29 heavy (non-hydrogen) atoms. The van der Waals surface area contributed by atoms with Crippen LogP contribution in [0.5, 0.6) is 5.75 Å². The number of benzene rings is 1. The highest BCUT2D eigenvalue weighted by Gasteiger charge is 2.11. The van der Waals surface area contributed by atoms with Crippen molar-refractivity contribution < 1.29 is 18.3 Å². The molecule has 1 N–H and O–H groups in total. The quantitative estimate of drug-likeness (QED) is 0.555. The van der Waals surface area contributed by atoms with Gasteiger partial charge in [-0.05, 0) is 36.4 Å². The SMILES string of the molecule is Cn1cncc1-c1ccc2cnc(NC(=O)c3ccc(OC(F)F)cc3)cc2n1. The van der Waals surface area contributed by atoms with Crippen molar-refractivity contribution in [1.82, 2.24) is 19.5 Å². The van der Waals surface area contributed by atoms with Gasteiger partial charge in [0.2, 0.25) is 0 Å². The lowest BCUT2D eigenvalue weighted by atomic mass is 10.2. The van der Waals surface area contributed by atoms with Crippen LogP contribution in [0.3, 0.4) is 0 Å². The van der Waals surface area contributed by atoms with E-state index in [9.17, 15) is 13.6 Å². The molecule has 3 heterocycles. The molecule has 0 aliphatic rings. The molecular weight excluding hydrogens is 380 g/mol. The van der Waals surface area contributed by atoms with Crippen LogP contribution in [0.4, 0.5) is 14.6 Å². The van der Waals surface area contributed by atoms with Gasteiger partial charge in [0.15, 0.2) is 0 Å². The lowest BCUT2D eigenvalue weighted by Crippen LogP contribution is -2.13. The molecule has 0 aliphatic heterocycles. The molecule has 0 atom stereocenters. The molecule has 4 aromatic rings. The number of hydrogen-bond donors (Lipinski definition) is 1. The zero-order chi connectivity index (χ0) is 20.4. The molecule has 0 bridgehead atoms. The van der Waals surface area contributed by atoms with Gasteiger partial charge in [-0.2, -0.15) is 8.78 Å². The minimum Gasteiger partial charge on any atom is -0.435 e. The molecule has 9 heteroatoms. The lowest BCUT2D eigenvalue weighted by molar-refractivity contribution is -0.0498. The predicted molar refractivity (Wildman–Crippen MR) is 103 cm³/mol. The number of nitrogens with zero attached hydrogens (tertiary/aromatic N) is 4. The number of fused-ring (bicyclic) bond motifs is 1. The van der Waals surface area contributed by atoms with Gasteiger partial charge in [0, 0.05) is 30.3 Å². The average molecular weight is 395 g/mol. The maximum absolute atomic E-state index is 12.4. The maximum Gasteiger partial charge on any atom is 0.387 e. The van der Waals surface area contributed by atoms with E-state index in [1.165, 1.54) is 24.3 Å². The summed E-state index contributed by atoms with van der Waals surface area (Å²) < 4.78 is 30.6. The van der Waals surface area contributed by atoms with Crippen LogP contribution in [-0.2, 0) is 7.05 Å². The van der Waals surface area contributed by atoms with Gasteiger partial charge in [0.05, 0.1) is 29.4 Å². The molecule has 0 unspecified atom stereocenters. The van der Waals surface area contributed by atoms with Crippen molar-refractivity contribution in [3.63, 3.8) is 0 Å². The number of hydrogen-bond acceptors (Lipinski definition) is 5. The number of carbonyl (C=O) groups is 1. The number of pyridine rings is 2. The van der Waals surface area contributed by atoms with E-state index in [4.69, 9.17) is 0 Å². The normalized spacial score (nSPS) is 11.0. The molecule has 0 radical (unpaired) electrons. The number of aromatic nitrogens is 4. The van der Waals surface area contributed by atoms with E-state index in [0.29, 0.717) is 11.3 Å². The first-order valence-corrected chi connectivity index (χ1v) is 8.59. The fourth-order valence-electron chi connectivity index (χ4n) is 2.81. The van der Waals surface area contributed by atoms with E-state index in [1.54, 1.807) is 24.8 Å². The Morgan fingerprint density at radius 1 is 1.14 bits per heavy atom. The summed E-state index contributed by atoms with van der Waals surface area (Å²) in [6.45, 7) is -2.92. The monoisotopic (exact) mass is 395 g/mol. The topological polar surface area (TPSA) is 81.9 Å². The number of nitrogens with one attached hydrogen (secondary N) is 1. The zero-order valence-electron chi connectivity index (χ0n) is 15.2. The van der Waals surface area contributed by atoms with Crippen molar-refractivity contribution in [1.29, 1.82) is 0 Å². The molecule has 3 aromatic heterocycles. The van der Waals surface area contributed by atoms with Crippen molar-refractivity contribution in [2.75, 3.05) is 5.32 Å². The van der Waals surface area contributed by atoms with Crippen molar-refractivity contribution >= 4 is 22.6 Å². The first-order valence-electron chi connectivity index (χ1n) is 8.59. The van der Waals surface area contributed by atoms with Crippen LogP contribution in [0.15, 0.2) is 61.2 Å². The average Bonchev–Trinajstić information content (AvgIpc) is 3.13. The summed E-state index contributed by atoms with van der Waals surface area (Å²) in [5.41, 5.74) is 2.55. The number of aryl methyl sites for hydroxylation is 1. The first kappa shape index (κ1) is 18.5. The van der Waals surface area contributed by atoms with Crippen LogP contribution >= 0.6 is 0 Å². The lowest BCUT2D eigenvalue weighted by Gasteiger charge is -2.08. The molecule has 0 saturated carbocycles. The molecule has 0 aliphatic carbocycles. The number of ether oxygens (including phenoxy) is 1. The Labute approximate surface area is 164 Å². The highest BCUT2D eigenvalue weighted by molar-refractivity contribution is 6.04. The number of amides is 1. The number of halogens is 2. The Bertz CT molecular complexity index is 1180. The molecule has 0 spiro atoms. The van der Waals surface area contributed by atoms with E-state index >= 15 is 0 Å². The smallest absolute Gasteiger partial charge is 0.387 e. The highest BCUT2D eigenvalue weighted by atomic mass is 19.3. The van der Waals surface area contributed by atoms with Crippen LogP contribution in [0.2, 0.25) is 0 Å². The van der Waals surface area contributed by atoms with E-state index < -0.39 is 12.5 Å². The molecular formula is C20H15F2N5O2. The Balaban J connectivity index is 1.56. The maximum atomic E-state index is 12.4. The van der Waals surface area contributed by atoms with Gasteiger partial charge in [-0.15, -0.1) is 0 Å². The molecule has 0 fully saturated rings. The van der Waals surface area contributed by atoms with E-state index in [-0.39, 0.29) is 11.3 Å². The summed E-state index contributed by atoms with van der Waals surface area (Å²) >= 11 is 0. The van der Waals surface area contributed by atoms with Crippen LogP contribution in [-0.4, -0.2) is 32.0 Å². The van der Waals surface area contributed by atoms with Crippen molar-refractivity contribution in [2.24, 2.45) is 7.05 Å². The standard InChI is InChI=1S/C20H15F2N5O2/c1-27-11-23-10-17(27)15-7-4-13-9-24-18(8-16(13)25-15)26-19(28)12-2-5-14(6-3-12)29-20(21)22/h2-11,20H,1H3,(H,24,26,28). The minimum atomic E-state index is -2.92. The molecule has 4 rings (SSSR count). The first-order chi connectivity index (χ1) is 14.0. The third-order valence-electron chi connectivity index (χ3n) is 4.24. The van der Waals surface area contributed by atoms with Crippen LogP contribution < -0.4 is 10.1 Å². The minimum absolute atomic E-state index is 0.0210. The van der Waals surface area contributed by atoms with Crippen molar-refractivity contribution in [2.45, 2.75) is 6.61 Å². The Kier molecular flexibility index (Phi) is 4.86. The molecule has 1 aromatic carbocycles. The van der Waals surface area contributed by atoms with Gasteiger partial charge in [-0.25, -0.2) is 15.0 Å². The molecule has 146 valence electrons. The number of carbonyl (C=O) groups excluding carboxylic acids is 1. The van der Waals surface area contributed by atoms with Crippen LogP contribution in [0.1, 0.15) is 10.4 Å². The van der Waals surface area contributed by atoms with Gasteiger partial charge in [-0.1, -0.05) is 0 Å². The third kappa shape index (κ3) is 4.03.